The number of nitrogens with one attached hydrogen (secondary N) is 2. The first kappa shape index (κ1) is 13.7. The van der Waals surface area contributed by atoms with Gasteiger partial charge in [0.25, 0.3) is 5.91 Å². The Morgan fingerprint density at radius 3 is 2.90 bits per heavy atom. The molecule has 1 aromatic carbocycles. The summed E-state index contributed by atoms with van der Waals surface area (Å²) in [6.45, 7) is 0.201. The van der Waals surface area contributed by atoms with E-state index in [0.717, 1.165) is 35.9 Å². The number of carbonyl (C=O) groups excluding carboxylic acids is 1. The van der Waals surface area contributed by atoms with Gasteiger partial charge in [0.2, 0.25) is 0 Å². The molecule has 1 aromatic rings. The van der Waals surface area contributed by atoms with E-state index < -0.39 is 0 Å². The zero-order valence-electron chi connectivity index (χ0n) is 12.0. The highest BCUT2D eigenvalue weighted by Gasteiger charge is 2.37. The third-order valence-corrected chi connectivity index (χ3v) is 4.01. The minimum atomic E-state index is -0.135. The Morgan fingerprint density at radius 1 is 1.38 bits per heavy atom. The van der Waals surface area contributed by atoms with Gasteiger partial charge in [-0.3, -0.25) is 4.79 Å². The Bertz CT molecular complexity index is 578. The van der Waals surface area contributed by atoms with Crippen LogP contribution in [0.5, 0.6) is 5.75 Å². The molecule has 2 aliphatic rings. The third kappa shape index (κ3) is 3.07. The number of benzene rings is 1. The number of hydrazone groups is 1. The zero-order valence-corrected chi connectivity index (χ0v) is 12.0. The van der Waals surface area contributed by atoms with Crippen LogP contribution < -0.4 is 15.5 Å². The quantitative estimate of drug-likeness (QED) is 0.644. The summed E-state index contributed by atoms with van der Waals surface area (Å²) in [5, 5.41) is 7.27. The molecule has 2 aliphatic carbocycles. The van der Waals surface area contributed by atoms with E-state index in [1.807, 2.05) is 24.3 Å². The monoisotopic (exact) mass is 285 g/mol. The van der Waals surface area contributed by atoms with Gasteiger partial charge < -0.3 is 10.1 Å². The molecule has 0 spiro atoms. The summed E-state index contributed by atoms with van der Waals surface area (Å²) in [6, 6.07) is 7.44. The van der Waals surface area contributed by atoms with Crippen LogP contribution in [0.2, 0.25) is 0 Å². The number of carbonyl (C=O) groups is 1. The average Bonchev–Trinajstić information content (AvgIpc) is 2.87. The van der Waals surface area contributed by atoms with Crippen LogP contribution in [-0.4, -0.2) is 25.3 Å². The number of anilines is 1. The summed E-state index contributed by atoms with van der Waals surface area (Å²) < 4.78 is 5.08. The SMILES string of the molecule is COc1ccc(NCC(=O)N/N=C2/C[C@H]3CC=C[C@H]23)cc1. The van der Waals surface area contributed by atoms with Crippen molar-refractivity contribution in [2.45, 2.75) is 12.8 Å². The first-order chi connectivity index (χ1) is 10.3. The molecule has 2 atom stereocenters. The molecule has 2 N–H and O–H groups in total. The molecule has 0 unspecified atom stereocenters. The number of allylic oxidation sites excluding steroid dienone is 2. The van der Waals surface area contributed by atoms with Gasteiger partial charge >= 0.3 is 0 Å². The van der Waals surface area contributed by atoms with Gasteiger partial charge in [-0.15, -0.1) is 0 Å². The molecule has 1 fully saturated rings. The maximum atomic E-state index is 11.8. The van der Waals surface area contributed by atoms with Crippen LogP contribution in [0.4, 0.5) is 5.69 Å². The zero-order chi connectivity index (χ0) is 14.7. The van der Waals surface area contributed by atoms with Crippen LogP contribution in [0.1, 0.15) is 12.8 Å². The fourth-order valence-electron chi connectivity index (χ4n) is 2.73. The molecular formula is C16H19N3O2. The van der Waals surface area contributed by atoms with E-state index in [9.17, 15) is 4.79 Å². The molecule has 1 saturated carbocycles. The average molecular weight is 285 g/mol. The first-order valence-corrected chi connectivity index (χ1v) is 7.16. The van der Waals surface area contributed by atoms with E-state index in [4.69, 9.17) is 4.74 Å². The van der Waals surface area contributed by atoms with Gasteiger partial charge in [0, 0.05) is 17.3 Å². The third-order valence-electron chi connectivity index (χ3n) is 4.01. The van der Waals surface area contributed by atoms with E-state index in [1.54, 1.807) is 7.11 Å². The Balaban J connectivity index is 1.44. The van der Waals surface area contributed by atoms with Crippen molar-refractivity contribution in [1.82, 2.24) is 5.43 Å². The molecule has 0 bridgehead atoms. The van der Waals surface area contributed by atoms with Crippen molar-refractivity contribution in [2.24, 2.45) is 16.9 Å². The molecule has 3 rings (SSSR count). The minimum absolute atomic E-state index is 0.135. The van der Waals surface area contributed by atoms with E-state index in [2.05, 4.69) is 28.0 Å². The summed E-state index contributed by atoms with van der Waals surface area (Å²) in [5.74, 6) is 1.84. The second kappa shape index (κ2) is 5.99. The molecule has 0 aliphatic heterocycles. The minimum Gasteiger partial charge on any atom is -0.497 e. The number of rotatable bonds is 5. The van der Waals surface area contributed by atoms with Gasteiger partial charge in [0.1, 0.15) is 5.75 Å². The van der Waals surface area contributed by atoms with Gasteiger partial charge in [-0.25, -0.2) is 5.43 Å². The molecule has 110 valence electrons. The van der Waals surface area contributed by atoms with E-state index in [0.29, 0.717) is 5.92 Å². The van der Waals surface area contributed by atoms with Crippen LogP contribution in [-0.2, 0) is 4.79 Å². The van der Waals surface area contributed by atoms with Gasteiger partial charge in [-0.2, -0.15) is 5.10 Å². The molecule has 21 heavy (non-hydrogen) atoms. The van der Waals surface area contributed by atoms with Crippen LogP contribution in [0.3, 0.4) is 0 Å². The molecule has 0 aromatic heterocycles. The van der Waals surface area contributed by atoms with E-state index >= 15 is 0 Å². The van der Waals surface area contributed by atoms with Gasteiger partial charge in [0.05, 0.1) is 13.7 Å². The Hall–Kier alpha value is -2.30. The Kier molecular flexibility index (Phi) is 3.90. The van der Waals surface area contributed by atoms with Crippen LogP contribution in [0, 0.1) is 11.8 Å². The summed E-state index contributed by atoms with van der Waals surface area (Å²) in [6.07, 6.45) is 6.54. The fourth-order valence-corrected chi connectivity index (χ4v) is 2.73. The molecule has 5 nitrogen and oxygen atoms in total. The Labute approximate surface area is 124 Å². The van der Waals surface area contributed by atoms with Crippen LogP contribution in [0.25, 0.3) is 0 Å². The molecule has 0 saturated heterocycles. The van der Waals surface area contributed by atoms with Crippen molar-refractivity contribution >= 4 is 17.3 Å². The lowest BCUT2D eigenvalue weighted by Crippen LogP contribution is -2.36. The summed E-state index contributed by atoms with van der Waals surface area (Å²) >= 11 is 0. The standard InChI is InChI=1S/C16H19N3O2/c1-21-13-7-5-12(6-8-13)17-10-16(20)19-18-15-9-11-3-2-4-14(11)15/h2,4-8,11,14,17H,3,9-10H2,1H3,(H,19,20)/b18-15-/t11-,14+/m1/s1. The van der Waals surface area contributed by atoms with Crippen molar-refractivity contribution in [1.29, 1.82) is 0 Å². The van der Waals surface area contributed by atoms with Crippen molar-refractivity contribution in [3.63, 3.8) is 0 Å². The van der Waals surface area contributed by atoms with Gasteiger partial charge in [-0.1, -0.05) is 12.2 Å². The maximum Gasteiger partial charge on any atom is 0.259 e. The second-order valence-electron chi connectivity index (χ2n) is 5.37. The highest BCUT2D eigenvalue weighted by Crippen LogP contribution is 2.40. The lowest BCUT2D eigenvalue weighted by Gasteiger charge is -2.31. The number of fused-ring (bicyclic) bond motifs is 1. The predicted molar refractivity (Wildman–Crippen MR) is 82.4 cm³/mol. The fraction of sp³-hybridized carbons (Fsp3) is 0.375. The lowest BCUT2D eigenvalue weighted by atomic mass is 9.74. The summed E-state index contributed by atoms with van der Waals surface area (Å²) in [7, 11) is 1.62. The smallest absolute Gasteiger partial charge is 0.259 e. The maximum absolute atomic E-state index is 11.8. The van der Waals surface area contributed by atoms with Crippen LogP contribution in [0.15, 0.2) is 41.5 Å². The number of ether oxygens (including phenoxy) is 1. The van der Waals surface area contributed by atoms with Crippen molar-refractivity contribution in [3.05, 3.63) is 36.4 Å². The summed E-state index contributed by atoms with van der Waals surface area (Å²) in [4.78, 5) is 11.8. The highest BCUT2D eigenvalue weighted by molar-refractivity contribution is 5.95. The predicted octanol–water partition coefficient (Wildman–Crippen LogP) is 2.18. The molecular weight excluding hydrogens is 266 g/mol. The van der Waals surface area contributed by atoms with Gasteiger partial charge in [0.15, 0.2) is 0 Å². The Morgan fingerprint density at radius 2 is 2.19 bits per heavy atom. The van der Waals surface area contributed by atoms with Crippen molar-refractivity contribution in [2.75, 3.05) is 19.0 Å². The number of nitrogens with zero attached hydrogens (tertiary/aromatic N) is 1. The van der Waals surface area contributed by atoms with E-state index in [-0.39, 0.29) is 12.5 Å². The molecule has 0 heterocycles. The highest BCUT2D eigenvalue weighted by atomic mass is 16.5. The first-order valence-electron chi connectivity index (χ1n) is 7.16. The lowest BCUT2D eigenvalue weighted by molar-refractivity contribution is -0.119. The molecule has 0 radical (unpaired) electrons. The number of hydrogen-bond donors (Lipinski definition) is 2. The second-order valence-corrected chi connectivity index (χ2v) is 5.37. The van der Waals surface area contributed by atoms with Crippen LogP contribution >= 0.6 is 0 Å². The van der Waals surface area contributed by atoms with E-state index in [1.165, 1.54) is 0 Å². The number of hydrogen-bond acceptors (Lipinski definition) is 4. The van der Waals surface area contributed by atoms with Gasteiger partial charge in [-0.05, 0) is 43.0 Å². The van der Waals surface area contributed by atoms with Crippen molar-refractivity contribution < 1.29 is 9.53 Å². The van der Waals surface area contributed by atoms with Crippen molar-refractivity contribution in [3.8, 4) is 5.75 Å². The molecule has 1 amide bonds. The number of amides is 1. The normalized spacial score (nSPS) is 24.3. The number of methoxy groups -OCH3 is 1. The summed E-state index contributed by atoms with van der Waals surface area (Å²) in [5.41, 5.74) is 4.58. The molecule has 5 heteroatoms. The largest absolute Gasteiger partial charge is 0.497 e. The topological polar surface area (TPSA) is 62.7 Å².